The van der Waals surface area contributed by atoms with Crippen molar-refractivity contribution in [2.75, 3.05) is 13.1 Å². The van der Waals surface area contributed by atoms with E-state index in [1.165, 1.54) is 0 Å². The molecule has 2 heterocycles. The second-order valence-electron chi connectivity index (χ2n) is 8.67. The van der Waals surface area contributed by atoms with Crippen LogP contribution in [0, 0.1) is 17.8 Å². The van der Waals surface area contributed by atoms with E-state index in [9.17, 15) is 9.59 Å². The van der Waals surface area contributed by atoms with Gasteiger partial charge in [-0.25, -0.2) is 0 Å². The minimum Gasteiger partial charge on any atom is -0.481 e. The lowest BCUT2D eigenvalue weighted by molar-refractivity contribution is -0.137. The lowest BCUT2D eigenvalue weighted by Gasteiger charge is -2.31. The molecule has 3 N–H and O–H groups in total. The summed E-state index contributed by atoms with van der Waals surface area (Å²) in [5, 5.41) is 15.3. The number of fused-ring (bicyclic) bond motifs is 2. The first-order valence-corrected chi connectivity index (χ1v) is 11.5. The molecule has 0 radical (unpaired) electrons. The van der Waals surface area contributed by atoms with Gasteiger partial charge in [0.1, 0.15) is 0 Å². The van der Waals surface area contributed by atoms with E-state index in [2.05, 4.69) is 43.6 Å². The van der Waals surface area contributed by atoms with Gasteiger partial charge in [0.25, 0.3) is 0 Å². The number of carbonyl (C=O) groups is 2. The Labute approximate surface area is 175 Å². The van der Waals surface area contributed by atoms with Gasteiger partial charge in [-0.15, -0.1) is 0 Å². The van der Waals surface area contributed by atoms with E-state index in [4.69, 9.17) is 9.84 Å². The van der Waals surface area contributed by atoms with Gasteiger partial charge in [0.2, 0.25) is 5.91 Å². The average Bonchev–Trinajstić information content (AvgIpc) is 3.30. The molecule has 2 bridgehead atoms. The molecule has 6 atom stereocenters. The molecule has 1 amide bonds. The number of unbranched alkanes of at least 4 members (excludes halogenated alkanes) is 1. The fraction of sp³-hybridized carbons (Fsp3) is 0.826. The molecule has 2 fully saturated rings. The van der Waals surface area contributed by atoms with Gasteiger partial charge in [-0.05, 0) is 50.4 Å². The third kappa shape index (κ3) is 7.10. The molecule has 166 valence electrons. The minimum atomic E-state index is -0.732. The van der Waals surface area contributed by atoms with Crippen LogP contribution in [0.2, 0.25) is 0 Å². The summed E-state index contributed by atoms with van der Waals surface area (Å²) in [4.78, 5) is 23.2. The Morgan fingerprint density at radius 3 is 2.55 bits per heavy atom. The van der Waals surface area contributed by atoms with Crippen LogP contribution in [-0.2, 0) is 14.3 Å². The monoisotopic (exact) mass is 408 g/mol. The Bertz CT molecular complexity index is 551. The van der Waals surface area contributed by atoms with Gasteiger partial charge >= 0.3 is 5.97 Å². The van der Waals surface area contributed by atoms with Crippen molar-refractivity contribution in [3.63, 3.8) is 0 Å². The van der Waals surface area contributed by atoms with Gasteiger partial charge in [-0.2, -0.15) is 0 Å². The van der Waals surface area contributed by atoms with Crippen molar-refractivity contribution in [1.29, 1.82) is 0 Å². The van der Waals surface area contributed by atoms with E-state index in [1.54, 1.807) is 0 Å². The molecule has 2 saturated heterocycles. The summed E-state index contributed by atoms with van der Waals surface area (Å²) in [5.74, 6) is 0.584. The molecule has 0 aliphatic carbocycles. The molecule has 29 heavy (non-hydrogen) atoms. The first kappa shape index (κ1) is 23.9. The maximum Gasteiger partial charge on any atom is 0.303 e. The van der Waals surface area contributed by atoms with Crippen molar-refractivity contribution in [3.05, 3.63) is 12.2 Å². The number of rotatable bonds is 14. The number of aliphatic carboxylic acids is 1. The van der Waals surface area contributed by atoms with Crippen molar-refractivity contribution in [3.8, 4) is 0 Å². The van der Waals surface area contributed by atoms with E-state index in [1.807, 2.05) is 0 Å². The van der Waals surface area contributed by atoms with Crippen molar-refractivity contribution in [2.45, 2.75) is 90.4 Å². The number of amides is 1. The van der Waals surface area contributed by atoms with Crippen LogP contribution < -0.4 is 10.6 Å². The van der Waals surface area contributed by atoms with Crippen molar-refractivity contribution < 1.29 is 19.4 Å². The standard InChI is InChI=1S/C23H40N2O4/c1-4-14-24-23(28)22(16(3)5-2)25-15-18-17(19-12-13-20(18)29-19)10-8-6-7-9-11-21(26)27/h6,8,16-20,22,25H,4-5,7,9-15H2,1-3H3,(H,24,28)(H,26,27)/b8-6-/t16?,17-,18-,19-,20+,22?/m1/s1. The normalized spacial score (nSPS) is 28.0. The number of nitrogens with one attached hydrogen (secondary N) is 2. The molecular weight excluding hydrogens is 368 g/mol. The van der Waals surface area contributed by atoms with Crippen LogP contribution >= 0.6 is 0 Å². The minimum absolute atomic E-state index is 0.111. The highest BCUT2D eigenvalue weighted by Crippen LogP contribution is 2.45. The number of hydrogen-bond acceptors (Lipinski definition) is 4. The summed E-state index contributed by atoms with van der Waals surface area (Å²) < 4.78 is 6.20. The average molecular weight is 409 g/mol. The Balaban J connectivity index is 1.88. The number of hydrogen-bond donors (Lipinski definition) is 3. The zero-order valence-electron chi connectivity index (χ0n) is 18.4. The SMILES string of the molecule is CCCNC(=O)C(NC[C@@H]1[C@@H](C/C=C\CCCC(=O)O)[C@H]2CC[C@@H]1O2)C(C)CC. The molecule has 0 aromatic rings. The lowest BCUT2D eigenvalue weighted by Crippen LogP contribution is -2.50. The summed E-state index contributed by atoms with van der Waals surface area (Å²) in [6.07, 6.45) is 11.8. The third-order valence-electron chi connectivity index (χ3n) is 6.54. The number of carboxylic acids is 1. The van der Waals surface area contributed by atoms with Crippen molar-refractivity contribution >= 4 is 11.9 Å². The van der Waals surface area contributed by atoms with Crippen LogP contribution in [0.25, 0.3) is 0 Å². The molecule has 0 spiro atoms. The zero-order valence-corrected chi connectivity index (χ0v) is 18.4. The fourth-order valence-corrected chi connectivity index (χ4v) is 4.63. The molecule has 0 aromatic heterocycles. The summed E-state index contributed by atoms with van der Waals surface area (Å²) in [6.45, 7) is 7.87. The highest BCUT2D eigenvalue weighted by atomic mass is 16.5. The highest BCUT2D eigenvalue weighted by Gasteiger charge is 2.48. The lowest BCUT2D eigenvalue weighted by atomic mass is 9.77. The van der Waals surface area contributed by atoms with Crippen LogP contribution in [0.1, 0.15) is 72.1 Å². The van der Waals surface area contributed by atoms with E-state index in [-0.39, 0.29) is 18.4 Å². The van der Waals surface area contributed by atoms with E-state index < -0.39 is 5.97 Å². The van der Waals surface area contributed by atoms with Crippen LogP contribution in [0.4, 0.5) is 0 Å². The maximum atomic E-state index is 12.6. The van der Waals surface area contributed by atoms with E-state index in [0.717, 1.165) is 51.6 Å². The van der Waals surface area contributed by atoms with Gasteiger partial charge < -0.3 is 20.5 Å². The van der Waals surface area contributed by atoms with Gasteiger partial charge in [0.15, 0.2) is 0 Å². The van der Waals surface area contributed by atoms with Gasteiger partial charge in [0, 0.05) is 25.4 Å². The molecule has 2 rings (SSSR count). The molecule has 6 heteroatoms. The third-order valence-corrected chi connectivity index (χ3v) is 6.54. The fourth-order valence-electron chi connectivity index (χ4n) is 4.63. The first-order valence-electron chi connectivity index (χ1n) is 11.5. The van der Waals surface area contributed by atoms with Crippen molar-refractivity contribution in [1.82, 2.24) is 10.6 Å². The predicted molar refractivity (Wildman–Crippen MR) is 115 cm³/mol. The first-order chi connectivity index (χ1) is 14.0. The highest BCUT2D eigenvalue weighted by molar-refractivity contribution is 5.82. The summed E-state index contributed by atoms with van der Waals surface area (Å²) in [7, 11) is 0. The zero-order chi connectivity index (χ0) is 21.2. The molecule has 2 aliphatic rings. The second-order valence-corrected chi connectivity index (χ2v) is 8.67. The molecular formula is C23H40N2O4. The molecule has 0 aromatic carbocycles. The number of carbonyl (C=O) groups excluding carboxylic acids is 1. The van der Waals surface area contributed by atoms with E-state index >= 15 is 0 Å². The molecule has 0 saturated carbocycles. The van der Waals surface area contributed by atoms with Crippen LogP contribution in [0.3, 0.4) is 0 Å². The van der Waals surface area contributed by atoms with Gasteiger partial charge in [-0.3, -0.25) is 9.59 Å². The number of carboxylic acid groups (broad SMARTS) is 1. The van der Waals surface area contributed by atoms with Crippen molar-refractivity contribution in [2.24, 2.45) is 17.8 Å². The van der Waals surface area contributed by atoms with Crippen LogP contribution in [0.15, 0.2) is 12.2 Å². The topological polar surface area (TPSA) is 87.7 Å². The van der Waals surface area contributed by atoms with E-state index in [0.29, 0.717) is 36.4 Å². The Hall–Kier alpha value is -1.40. The molecule has 2 unspecified atom stereocenters. The quantitative estimate of drug-likeness (QED) is 0.302. The van der Waals surface area contributed by atoms with Crippen LogP contribution in [0.5, 0.6) is 0 Å². The Kier molecular flexibility index (Phi) is 10.2. The smallest absolute Gasteiger partial charge is 0.303 e. The summed E-state index contributed by atoms with van der Waals surface area (Å²) >= 11 is 0. The number of ether oxygens (including phenoxy) is 1. The molecule has 2 aliphatic heterocycles. The summed E-state index contributed by atoms with van der Waals surface area (Å²) in [5.41, 5.74) is 0. The second kappa shape index (κ2) is 12.3. The summed E-state index contributed by atoms with van der Waals surface area (Å²) in [6, 6.07) is -0.155. The Morgan fingerprint density at radius 2 is 1.90 bits per heavy atom. The van der Waals surface area contributed by atoms with Gasteiger partial charge in [-0.1, -0.05) is 39.3 Å². The largest absolute Gasteiger partial charge is 0.481 e. The maximum absolute atomic E-state index is 12.6. The molecule has 6 nitrogen and oxygen atoms in total. The van der Waals surface area contributed by atoms with Gasteiger partial charge in [0.05, 0.1) is 18.2 Å². The number of allylic oxidation sites excluding steroid dienone is 2. The predicted octanol–water partition coefficient (Wildman–Crippen LogP) is 3.51. The Morgan fingerprint density at radius 1 is 1.17 bits per heavy atom. The van der Waals surface area contributed by atoms with Crippen LogP contribution in [-0.4, -0.2) is 48.3 Å².